The van der Waals surface area contributed by atoms with E-state index in [1.165, 1.54) is 32.1 Å². The highest BCUT2D eigenvalue weighted by molar-refractivity contribution is 5.80. The molecule has 0 aromatic rings. The molecule has 2 saturated carbocycles. The molecule has 0 bridgehead atoms. The summed E-state index contributed by atoms with van der Waals surface area (Å²) in [6, 6.07) is 0.197. The van der Waals surface area contributed by atoms with Crippen molar-refractivity contribution in [2.45, 2.75) is 63.8 Å². The lowest BCUT2D eigenvalue weighted by molar-refractivity contribution is -0.142. The fourth-order valence-electron chi connectivity index (χ4n) is 4.44. The highest BCUT2D eigenvalue weighted by Crippen LogP contribution is 2.28. The predicted octanol–water partition coefficient (Wildman–Crippen LogP) is 1.75. The van der Waals surface area contributed by atoms with E-state index in [4.69, 9.17) is 5.73 Å². The van der Waals surface area contributed by atoms with Crippen LogP contribution < -0.4 is 5.73 Å². The van der Waals surface area contributed by atoms with Crippen molar-refractivity contribution in [1.29, 1.82) is 0 Å². The predicted molar refractivity (Wildman–Crippen MR) is 89.7 cm³/mol. The molecule has 2 aliphatic carbocycles. The standard InChI is InChI=1S/C18H31N3O2/c19-16-7-6-15(13-16)18(23)21-10-8-20(9-11-21)17(22)12-14-4-2-1-3-5-14/h14-16H,1-13,19H2/t15-,16-/m1/s1. The minimum atomic E-state index is 0.120. The topological polar surface area (TPSA) is 66.6 Å². The zero-order chi connectivity index (χ0) is 16.2. The van der Waals surface area contributed by atoms with E-state index in [9.17, 15) is 9.59 Å². The van der Waals surface area contributed by atoms with Crippen LogP contribution in [0.1, 0.15) is 57.8 Å². The van der Waals surface area contributed by atoms with Gasteiger partial charge in [-0.2, -0.15) is 0 Å². The fourth-order valence-corrected chi connectivity index (χ4v) is 4.44. The van der Waals surface area contributed by atoms with E-state index in [1.807, 2.05) is 9.80 Å². The van der Waals surface area contributed by atoms with E-state index in [0.717, 1.165) is 19.3 Å². The van der Waals surface area contributed by atoms with E-state index in [1.54, 1.807) is 0 Å². The van der Waals surface area contributed by atoms with Gasteiger partial charge in [0.05, 0.1) is 0 Å². The third kappa shape index (κ3) is 4.25. The Morgan fingerprint density at radius 3 is 2.13 bits per heavy atom. The van der Waals surface area contributed by atoms with Crippen LogP contribution in [0, 0.1) is 11.8 Å². The average molecular weight is 321 g/mol. The maximum absolute atomic E-state index is 12.5. The number of carbonyl (C=O) groups is 2. The van der Waals surface area contributed by atoms with Crippen LogP contribution in [0.2, 0.25) is 0 Å². The summed E-state index contributed by atoms with van der Waals surface area (Å²) in [5.41, 5.74) is 5.92. The van der Waals surface area contributed by atoms with Gasteiger partial charge in [0, 0.05) is 44.6 Å². The molecule has 1 aliphatic heterocycles. The maximum Gasteiger partial charge on any atom is 0.225 e. The quantitative estimate of drug-likeness (QED) is 0.861. The van der Waals surface area contributed by atoms with Gasteiger partial charge in [0.2, 0.25) is 11.8 Å². The molecule has 0 radical (unpaired) electrons. The minimum absolute atomic E-state index is 0.120. The molecule has 23 heavy (non-hydrogen) atoms. The zero-order valence-corrected chi connectivity index (χ0v) is 14.2. The van der Waals surface area contributed by atoms with Gasteiger partial charge in [-0.05, 0) is 38.0 Å². The van der Waals surface area contributed by atoms with Gasteiger partial charge in [0.1, 0.15) is 0 Å². The Morgan fingerprint density at radius 2 is 1.52 bits per heavy atom. The Balaban J connectivity index is 1.42. The Hall–Kier alpha value is -1.10. The normalized spacial score (nSPS) is 29.8. The van der Waals surface area contributed by atoms with E-state index in [0.29, 0.717) is 44.4 Å². The molecule has 130 valence electrons. The largest absolute Gasteiger partial charge is 0.339 e. The van der Waals surface area contributed by atoms with Crippen LogP contribution >= 0.6 is 0 Å². The molecule has 0 aromatic carbocycles. The molecular formula is C18H31N3O2. The van der Waals surface area contributed by atoms with E-state index in [2.05, 4.69) is 0 Å². The SMILES string of the molecule is N[C@@H]1CC[C@@H](C(=O)N2CCN(C(=O)CC3CCCCC3)CC2)C1. The molecule has 3 aliphatic rings. The van der Waals surface area contributed by atoms with Crippen molar-refractivity contribution in [2.75, 3.05) is 26.2 Å². The van der Waals surface area contributed by atoms with Crippen molar-refractivity contribution in [3.8, 4) is 0 Å². The molecule has 0 unspecified atom stereocenters. The van der Waals surface area contributed by atoms with Crippen molar-refractivity contribution in [3.05, 3.63) is 0 Å². The van der Waals surface area contributed by atoms with E-state index < -0.39 is 0 Å². The number of hydrogen-bond donors (Lipinski definition) is 1. The second-order valence-corrected chi connectivity index (χ2v) is 7.68. The van der Waals surface area contributed by atoms with Gasteiger partial charge in [0.15, 0.2) is 0 Å². The van der Waals surface area contributed by atoms with Crippen molar-refractivity contribution >= 4 is 11.8 Å². The molecular weight excluding hydrogens is 290 g/mol. The summed E-state index contributed by atoms with van der Waals surface area (Å²) in [5, 5.41) is 0. The first kappa shape index (κ1) is 16.7. The summed E-state index contributed by atoms with van der Waals surface area (Å²) >= 11 is 0. The van der Waals surface area contributed by atoms with E-state index in [-0.39, 0.29) is 17.9 Å². The van der Waals surface area contributed by atoms with Gasteiger partial charge >= 0.3 is 0 Å². The van der Waals surface area contributed by atoms with Crippen LogP contribution in [0.5, 0.6) is 0 Å². The van der Waals surface area contributed by atoms with Gasteiger partial charge in [-0.3, -0.25) is 9.59 Å². The lowest BCUT2D eigenvalue weighted by atomic mass is 9.86. The lowest BCUT2D eigenvalue weighted by Crippen LogP contribution is -2.52. The highest BCUT2D eigenvalue weighted by atomic mass is 16.2. The Labute approximate surface area is 139 Å². The Kier molecular flexibility index (Phi) is 5.57. The molecule has 2 N–H and O–H groups in total. The third-order valence-electron chi connectivity index (χ3n) is 5.95. The molecule has 5 nitrogen and oxygen atoms in total. The van der Waals surface area contributed by atoms with E-state index >= 15 is 0 Å². The molecule has 0 aromatic heterocycles. The van der Waals surface area contributed by atoms with Crippen LogP contribution in [0.25, 0.3) is 0 Å². The molecule has 5 heteroatoms. The number of rotatable bonds is 3. The summed E-state index contributed by atoms with van der Waals surface area (Å²) in [6.45, 7) is 2.80. The number of nitrogens with zero attached hydrogens (tertiary/aromatic N) is 2. The molecule has 0 spiro atoms. The van der Waals surface area contributed by atoms with Crippen LogP contribution in [0.15, 0.2) is 0 Å². The number of carbonyl (C=O) groups excluding carboxylic acids is 2. The van der Waals surface area contributed by atoms with Gasteiger partial charge in [0.25, 0.3) is 0 Å². The number of nitrogens with two attached hydrogens (primary N) is 1. The monoisotopic (exact) mass is 321 g/mol. The van der Waals surface area contributed by atoms with Crippen LogP contribution in [0.4, 0.5) is 0 Å². The minimum Gasteiger partial charge on any atom is -0.339 e. The fraction of sp³-hybridized carbons (Fsp3) is 0.889. The van der Waals surface area contributed by atoms with Crippen LogP contribution in [0.3, 0.4) is 0 Å². The molecule has 1 saturated heterocycles. The first-order valence-corrected chi connectivity index (χ1v) is 9.45. The molecule has 3 fully saturated rings. The summed E-state index contributed by atoms with van der Waals surface area (Å²) in [6.07, 6.45) is 9.77. The first-order valence-electron chi connectivity index (χ1n) is 9.45. The average Bonchev–Trinajstić information content (AvgIpc) is 3.02. The van der Waals surface area contributed by atoms with Crippen molar-refractivity contribution < 1.29 is 9.59 Å². The summed E-state index contributed by atoms with van der Waals surface area (Å²) < 4.78 is 0. The summed E-state index contributed by atoms with van der Waals surface area (Å²) in [4.78, 5) is 28.9. The van der Waals surface area contributed by atoms with Gasteiger partial charge in [-0.15, -0.1) is 0 Å². The Morgan fingerprint density at radius 1 is 0.870 bits per heavy atom. The molecule has 1 heterocycles. The smallest absolute Gasteiger partial charge is 0.225 e. The van der Waals surface area contributed by atoms with Crippen molar-refractivity contribution in [1.82, 2.24) is 9.80 Å². The maximum atomic E-state index is 12.5. The lowest BCUT2D eigenvalue weighted by Gasteiger charge is -2.36. The number of amides is 2. The van der Waals surface area contributed by atoms with Crippen LogP contribution in [-0.2, 0) is 9.59 Å². The van der Waals surface area contributed by atoms with Crippen LogP contribution in [-0.4, -0.2) is 53.8 Å². The van der Waals surface area contributed by atoms with Gasteiger partial charge in [-0.25, -0.2) is 0 Å². The number of hydrogen-bond acceptors (Lipinski definition) is 3. The number of piperazine rings is 1. The highest BCUT2D eigenvalue weighted by Gasteiger charge is 2.33. The molecule has 3 rings (SSSR count). The third-order valence-corrected chi connectivity index (χ3v) is 5.95. The second kappa shape index (κ2) is 7.65. The van der Waals surface area contributed by atoms with Crippen molar-refractivity contribution in [3.63, 3.8) is 0 Å². The van der Waals surface area contributed by atoms with Gasteiger partial charge < -0.3 is 15.5 Å². The summed E-state index contributed by atoms with van der Waals surface area (Å²) in [5.74, 6) is 1.27. The molecule has 2 amide bonds. The first-order chi connectivity index (χ1) is 11.1. The molecule has 2 atom stereocenters. The van der Waals surface area contributed by atoms with Crippen molar-refractivity contribution in [2.24, 2.45) is 17.6 Å². The Bertz CT molecular complexity index is 426. The zero-order valence-electron chi connectivity index (χ0n) is 14.2. The van der Waals surface area contributed by atoms with Gasteiger partial charge in [-0.1, -0.05) is 19.3 Å². The summed E-state index contributed by atoms with van der Waals surface area (Å²) in [7, 11) is 0. The second-order valence-electron chi connectivity index (χ2n) is 7.68.